The Kier molecular flexibility index (Phi) is 5.67. The number of benzene rings is 2. The van der Waals surface area contributed by atoms with Crippen LogP contribution in [0.2, 0.25) is 0 Å². The van der Waals surface area contributed by atoms with Crippen LogP contribution in [-0.2, 0) is 12.8 Å². The number of fused-ring (bicyclic) bond motifs is 1. The molecule has 5 rings (SSSR count). The van der Waals surface area contributed by atoms with Crippen molar-refractivity contribution in [3.8, 4) is 16.9 Å². The second-order valence-corrected chi connectivity index (χ2v) is 9.41. The summed E-state index contributed by atoms with van der Waals surface area (Å²) in [6, 6.07) is 21.6. The molecule has 2 aromatic carbocycles. The Morgan fingerprint density at radius 3 is 2.42 bits per heavy atom. The van der Waals surface area contributed by atoms with Crippen LogP contribution in [0.3, 0.4) is 0 Å². The molecule has 2 aliphatic rings. The van der Waals surface area contributed by atoms with Crippen LogP contribution in [0.25, 0.3) is 16.9 Å². The highest BCUT2D eigenvalue weighted by Crippen LogP contribution is 2.35. The fraction of sp³-hybridized carbons (Fsp3) is 0.393. The van der Waals surface area contributed by atoms with Gasteiger partial charge in [0.05, 0.1) is 5.69 Å². The first-order valence-electron chi connectivity index (χ1n) is 11.9. The molecule has 3 heteroatoms. The van der Waals surface area contributed by atoms with E-state index in [1.54, 1.807) is 0 Å². The van der Waals surface area contributed by atoms with Gasteiger partial charge < -0.3 is 9.88 Å². The average molecular weight is 413 g/mol. The number of aromatic nitrogens is 1. The molecule has 160 valence electrons. The molecular formula is C28H32N2O. The summed E-state index contributed by atoms with van der Waals surface area (Å²) in [5.41, 5.74) is 7.28. The second-order valence-electron chi connectivity index (χ2n) is 9.41. The predicted molar refractivity (Wildman–Crippen MR) is 127 cm³/mol. The number of nitrogens with one attached hydrogen (secondary N) is 1. The maximum Gasteiger partial charge on any atom is 0.251 e. The van der Waals surface area contributed by atoms with Gasteiger partial charge in [0.15, 0.2) is 0 Å². The van der Waals surface area contributed by atoms with Gasteiger partial charge in [-0.15, -0.1) is 0 Å². The summed E-state index contributed by atoms with van der Waals surface area (Å²) < 4.78 is 2.42. The maximum atomic E-state index is 12.7. The molecule has 1 fully saturated rings. The lowest BCUT2D eigenvalue weighted by Gasteiger charge is -2.23. The monoisotopic (exact) mass is 412 g/mol. The minimum absolute atomic E-state index is 0.0603. The van der Waals surface area contributed by atoms with Gasteiger partial charge in [-0.3, -0.25) is 4.79 Å². The van der Waals surface area contributed by atoms with E-state index in [-0.39, 0.29) is 5.91 Å². The SMILES string of the molecule is CC1CCc2c(cc(-c3ccccc3)n2-c2ccc(C(=O)NC3CCCCC3)cc2)C1. The highest BCUT2D eigenvalue weighted by molar-refractivity contribution is 5.94. The summed E-state index contributed by atoms with van der Waals surface area (Å²) >= 11 is 0. The molecule has 1 amide bonds. The Morgan fingerprint density at radius 2 is 1.68 bits per heavy atom. The van der Waals surface area contributed by atoms with Gasteiger partial charge >= 0.3 is 0 Å². The van der Waals surface area contributed by atoms with E-state index in [0.29, 0.717) is 6.04 Å². The Morgan fingerprint density at radius 1 is 0.935 bits per heavy atom. The number of nitrogens with zero attached hydrogens (tertiary/aromatic N) is 1. The number of carbonyl (C=O) groups excluding carboxylic acids is 1. The largest absolute Gasteiger partial charge is 0.349 e. The zero-order valence-corrected chi connectivity index (χ0v) is 18.4. The van der Waals surface area contributed by atoms with Crippen molar-refractivity contribution >= 4 is 5.91 Å². The van der Waals surface area contributed by atoms with Gasteiger partial charge in [0.1, 0.15) is 0 Å². The molecule has 1 heterocycles. The van der Waals surface area contributed by atoms with Crippen molar-refractivity contribution in [2.75, 3.05) is 0 Å². The lowest BCUT2D eigenvalue weighted by Crippen LogP contribution is -2.36. The van der Waals surface area contributed by atoms with E-state index >= 15 is 0 Å². The van der Waals surface area contributed by atoms with Crippen LogP contribution in [0.15, 0.2) is 60.7 Å². The molecule has 1 atom stereocenters. The predicted octanol–water partition coefficient (Wildman–Crippen LogP) is 6.33. The molecule has 1 saturated carbocycles. The van der Waals surface area contributed by atoms with Crippen molar-refractivity contribution < 1.29 is 4.79 Å². The van der Waals surface area contributed by atoms with Gasteiger partial charge in [-0.25, -0.2) is 0 Å². The summed E-state index contributed by atoms with van der Waals surface area (Å²) in [6.45, 7) is 2.35. The maximum absolute atomic E-state index is 12.7. The molecule has 1 aromatic heterocycles. The van der Waals surface area contributed by atoms with E-state index in [0.717, 1.165) is 42.9 Å². The molecule has 3 aromatic rings. The highest BCUT2D eigenvalue weighted by atomic mass is 16.1. The Hall–Kier alpha value is -2.81. The number of rotatable bonds is 4. The zero-order valence-electron chi connectivity index (χ0n) is 18.4. The fourth-order valence-electron chi connectivity index (χ4n) is 5.31. The van der Waals surface area contributed by atoms with E-state index in [9.17, 15) is 4.79 Å². The quantitative estimate of drug-likeness (QED) is 0.534. The van der Waals surface area contributed by atoms with E-state index in [4.69, 9.17) is 0 Å². The van der Waals surface area contributed by atoms with Crippen molar-refractivity contribution in [3.63, 3.8) is 0 Å². The first kappa shape index (κ1) is 20.1. The molecule has 31 heavy (non-hydrogen) atoms. The Bertz CT molecular complexity index is 1040. The lowest BCUT2D eigenvalue weighted by atomic mass is 9.89. The minimum atomic E-state index is 0.0603. The second kappa shape index (κ2) is 8.74. The third-order valence-corrected chi connectivity index (χ3v) is 7.03. The van der Waals surface area contributed by atoms with Crippen LogP contribution in [0, 0.1) is 5.92 Å². The van der Waals surface area contributed by atoms with Crippen LogP contribution >= 0.6 is 0 Å². The van der Waals surface area contributed by atoms with Crippen molar-refractivity contribution in [2.24, 2.45) is 5.92 Å². The van der Waals surface area contributed by atoms with Crippen LogP contribution in [0.1, 0.15) is 67.1 Å². The van der Waals surface area contributed by atoms with Crippen LogP contribution < -0.4 is 5.32 Å². The fourth-order valence-corrected chi connectivity index (χ4v) is 5.31. The highest BCUT2D eigenvalue weighted by Gasteiger charge is 2.23. The zero-order chi connectivity index (χ0) is 21.2. The lowest BCUT2D eigenvalue weighted by molar-refractivity contribution is 0.0927. The van der Waals surface area contributed by atoms with Crippen molar-refractivity contribution in [3.05, 3.63) is 77.5 Å². The van der Waals surface area contributed by atoms with E-state index < -0.39 is 0 Å². The van der Waals surface area contributed by atoms with Crippen LogP contribution in [0.4, 0.5) is 0 Å². The number of hydrogen-bond donors (Lipinski definition) is 1. The number of amides is 1. The molecule has 1 N–H and O–H groups in total. The molecule has 0 bridgehead atoms. The van der Waals surface area contributed by atoms with Crippen LogP contribution in [-0.4, -0.2) is 16.5 Å². The third-order valence-electron chi connectivity index (χ3n) is 7.03. The first-order valence-corrected chi connectivity index (χ1v) is 11.9. The summed E-state index contributed by atoms with van der Waals surface area (Å²) in [5.74, 6) is 0.794. The van der Waals surface area contributed by atoms with Crippen molar-refractivity contribution in [1.29, 1.82) is 0 Å². The molecule has 3 nitrogen and oxygen atoms in total. The molecule has 0 radical (unpaired) electrons. The van der Waals surface area contributed by atoms with Gasteiger partial charge in [-0.2, -0.15) is 0 Å². The minimum Gasteiger partial charge on any atom is -0.349 e. The average Bonchev–Trinajstić information content (AvgIpc) is 3.19. The summed E-state index contributed by atoms with van der Waals surface area (Å²) in [7, 11) is 0. The molecule has 2 aliphatic carbocycles. The summed E-state index contributed by atoms with van der Waals surface area (Å²) in [4.78, 5) is 12.7. The Labute approximate surface area is 185 Å². The van der Waals surface area contributed by atoms with Gasteiger partial charge in [0.25, 0.3) is 5.91 Å². The van der Waals surface area contributed by atoms with Crippen LogP contribution in [0.5, 0.6) is 0 Å². The topological polar surface area (TPSA) is 34.0 Å². The normalized spacial score (nSPS) is 19.1. The number of carbonyl (C=O) groups is 1. The van der Waals surface area contributed by atoms with Gasteiger partial charge in [0.2, 0.25) is 0 Å². The standard InChI is InChI=1S/C28H32N2O/c1-20-12-17-26-23(18-20)19-27(21-8-4-2-5-9-21)30(26)25-15-13-22(14-16-25)28(31)29-24-10-6-3-7-11-24/h2,4-5,8-9,13-16,19-20,24H,3,6-7,10-12,17-18H2,1H3,(H,29,31). The summed E-state index contributed by atoms with van der Waals surface area (Å²) in [5, 5.41) is 3.24. The van der Waals surface area contributed by atoms with Gasteiger partial charge in [-0.1, -0.05) is 56.5 Å². The Balaban J connectivity index is 1.46. The third kappa shape index (κ3) is 4.19. The van der Waals surface area contributed by atoms with E-state index in [1.165, 1.54) is 48.2 Å². The molecule has 1 unspecified atom stereocenters. The van der Waals surface area contributed by atoms with Crippen molar-refractivity contribution in [1.82, 2.24) is 9.88 Å². The van der Waals surface area contributed by atoms with E-state index in [2.05, 4.69) is 65.3 Å². The first-order chi connectivity index (χ1) is 15.2. The smallest absolute Gasteiger partial charge is 0.251 e. The number of hydrogen-bond acceptors (Lipinski definition) is 1. The molecule has 0 saturated heterocycles. The molecule has 0 aliphatic heterocycles. The van der Waals surface area contributed by atoms with Gasteiger partial charge in [0, 0.05) is 23.0 Å². The summed E-state index contributed by atoms with van der Waals surface area (Å²) in [6.07, 6.45) is 9.44. The molecule has 0 spiro atoms. The van der Waals surface area contributed by atoms with Gasteiger partial charge in [-0.05, 0) is 79.5 Å². The molecular weight excluding hydrogens is 380 g/mol. The van der Waals surface area contributed by atoms with E-state index in [1.807, 2.05) is 12.1 Å². The van der Waals surface area contributed by atoms with Crippen molar-refractivity contribution in [2.45, 2.75) is 64.3 Å².